The molecule has 0 aliphatic carbocycles. The van der Waals surface area contributed by atoms with E-state index in [2.05, 4.69) is 63.2 Å². The maximum absolute atomic E-state index is 9.54. The van der Waals surface area contributed by atoms with Crippen LogP contribution in [0.25, 0.3) is 0 Å². The van der Waals surface area contributed by atoms with E-state index in [1.807, 2.05) is 13.0 Å². The topological polar surface area (TPSA) is 61.3 Å². The van der Waals surface area contributed by atoms with Gasteiger partial charge in [0, 0.05) is 29.3 Å². The van der Waals surface area contributed by atoms with Gasteiger partial charge in [-0.05, 0) is 42.5 Å². The summed E-state index contributed by atoms with van der Waals surface area (Å²) in [6.07, 6.45) is 1.01. The number of nitrogens with one attached hydrogen (secondary N) is 1. The molecular weight excluding hydrogens is 380 g/mol. The zero-order chi connectivity index (χ0) is 18.0. The van der Waals surface area contributed by atoms with Crippen LogP contribution in [0.1, 0.15) is 30.7 Å². The number of aromatic nitrogens is 2. The van der Waals surface area contributed by atoms with Crippen molar-refractivity contribution in [1.29, 1.82) is 0 Å². The van der Waals surface area contributed by atoms with Gasteiger partial charge in [0.15, 0.2) is 0 Å². The zero-order valence-corrected chi connectivity index (χ0v) is 16.5. The second kappa shape index (κ2) is 7.70. The summed E-state index contributed by atoms with van der Waals surface area (Å²) in [7, 11) is 0. The van der Waals surface area contributed by atoms with E-state index in [0.717, 1.165) is 35.5 Å². The third kappa shape index (κ3) is 4.30. The Balaban J connectivity index is 1.82. The second-order valence-electron chi connectivity index (χ2n) is 6.95. The lowest BCUT2D eigenvalue weighted by molar-refractivity contribution is 0.248. The van der Waals surface area contributed by atoms with Gasteiger partial charge >= 0.3 is 0 Å². The zero-order valence-electron chi connectivity index (χ0n) is 15.0. The number of aryl methyl sites for hydroxylation is 1. The Morgan fingerprint density at radius 3 is 2.76 bits per heavy atom. The lowest BCUT2D eigenvalue weighted by Crippen LogP contribution is -2.33. The minimum absolute atomic E-state index is 0.0471. The average Bonchev–Trinajstić information content (AvgIpc) is 2.58. The number of benzene rings is 1. The molecule has 6 heteroatoms. The molecule has 0 amide bonds. The standard InChI is InChI=1S/C19H25BrN4O/c1-12(2)17(11-25)22-19-21-13(3)8-18(23-19)24-7-6-14-9-16(20)5-4-15(14)10-24/h4-5,8-9,12,17,25H,6-7,10-11H2,1-3H3,(H,21,22,23)/t17-/m0/s1. The molecule has 134 valence electrons. The highest BCUT2D eigenvalue weighted by Crippen LogP contribution is 2.26. The van der Waals surface area contributed by atoms with Crippen molar-refractivity contribution in [1.82, 2.24) is 9.97 Å². The van der Waals surface area contributed by atoms with Gasteiger partial charge in [0.1, 0.15) is 5.82 Å². The number of aliphatic hydroxyl groups excluding tert-OH is 1. The van der Waals surface area contributed by atoms with Gasteiger partial charge in [-0.3, -0.25) is 0 Å². The summed E-state index contributed by atoms with van der Waals surface area (Å²) < 4.78 is 1.13. The Morgan fingerprint density at radius 2 is 2.04 bits per heavy atom. The van der Waals surface area contributed by atoms with Gasteiger partial charge in [0.05, 0.1) is 12.6 Å². The van der Waals surface area contributed by atoms with Gasteiger partial charge in [-0.25, -0.2) is 4.98 Å². The van der Waals surface area contributed by atoms with Crippen LogP contribution >= 0.6 is 15.9 Å². The number of aliphatic hydroxyl groups is 1. The van der Waals surface area contributed by atoms with E-state index < -0.39 is 0 Å². The number of fused-ring (bicyclic) bond motifs is 1. The van der Waals surface area contributed by atoms with Gasteiger partial charge in [-0.15, -0.1) is 0 Å². The van der Waals surface area contributed by atoms with Crippen molar-refractivity contribution in [2.45, 2.75) is 39.8 Å². The molecule has 0 spiro atoms. The van der Waals surface area contributed by atoms with Crippen molar-refractivity contribution in [2.24, 2.45) is 5.92 Å². The van der Waals surface area contributed by atoms with Gasteiger partial charge in [0.2, 0.25) is 5.95 Å². The van der Waals surface area contributed by atoms with Crippen LogP contribution in [0, 0.1) is 12.8 Å². The van der Waals surface area contributed by atoms with E-state index in [0.29, 0.717) is 11.9 Å². The Hall–Kier alpha value is -1.66. The molecule has 0 bridgehead atoms. The number of anilines is 2. The summed E-state index contributed by atoms with van der Waals surface area (Å²) in [4.78, 5) is 11.5. The van der Waals surface area contributed by atoms with Crippen molar-refractivity contribution in [3.8, 4) is 0 Å². The molecule has 3 rings (SSSR count). The third-order valence-corrected chi connectivity index (χ3v) is 5.15. The lowest BCUT2D eigenvalue weighted by atomic mass is 10.00. The molecule has 0 fully saturated rings. The first-order chi connectivity index (χ1) is 12.0. The number of nitrogens with zero attached hydrogens (tertiary/aromatic N) is 3. The minimum atomic E-state index is -0.0471. The fourth-order valence-electron chi connectivity index (χ4n) is 3.08. The first kappa shape index (κ1) is 18.1. The molecule has 0 saturated heterocycles. The van der Waals surface area contributed by atoms with E-state index in [1.54, 1.807) is 0 Å². The van der Waals surface area contributed by atoms with E-state index in [4.69, 9.17) is 4.98 Å². The number of halogens is 1. The van der Waals surface area contributed by atoms with Crippen LogP contribution in [0.15, 0.2) is 28.7 Å². The van der Waals surface area contributed by atoms with Crippen LogP contribution in [-0.2, 0) is 13.0 Å². The highest BCUT2D eigenvalue weighted by atomic mass is 79.9. The van der Waals surface area contributed by atoms with Crippen LogP contribution in [0.5, 0.6) is 0 Å². The van der Waals surface area contributed by atoms with Gasteiger partial charge in [0.25, 0.3) is 0 Å². The molecule has 1 aliphatic heterocycles. The predicted octanol–water partition coefficient (Wildman–Crippen LogP) is 3.54. The van der Waals surface area contributed by atoms with Crippen LogP contribution in [0.2, 0.25) is 0 Å². The molecule has 1 aliphatic rings. The Kier molecular flexibility index (Phi) is 5.59. The maximum atomic E-state index is 9.54. The van der Waals surface area contributed by atoms with Crippen molar-refractivity contribution in [2.75, 3.05) is 23.4 Å². The Labute approximate surface area is 157 Å². The highest BCUT2D eigenvalue weighted by molar-refractivity contribution is 9.10. The number of hydrogen-bond donors (Lipinski definition) is 2. The van der Waals surface area contributed by atoms with Crippen LogP contribution < -0.4 is 10.2 Å². The van der Waals surface area contributed by atoms with Crippen LogP contribution in [0.4, 0.5) is 11.8 Å². The smallest absolute Gasteiger partial charge is 0.225 e. The average molecular weight is 405 g/mol. The van der Waals surface area contributed by atoms with E-state index >= 15 is 0 Å². The minimum Gasteiger partial charge on any atom is -0.394 e. The molecule has 2 aromatic rings. The molecule has 1 atom stereocenters. The molecule has 0 radical (unpaired) electrons. The summed E-state index contributed by atoms with van der Waals surface area (Å²) in [5.74, 6) is 1.83. The number of hydrogen-bond acceptors (Lipinski definition) is 5. The molecule has 1 aromatic heterocycles. The third-order valence-electron chi connectivity index (χ3n) is 4.66. The SMILES string of the molecule is Cc1cc(N2CCc3cc(Br)ccc3C2)nc(N[C@@H](CO)C(C)C)n1. The second-order valence-corrected chi connectivity index (χ2v) is 7.87. The predicted molar refractivity (Wildman–Crippen MR) is 105 cm³/mol. The van der Waals surface area contributed by atoms with Gasteiger partial charge in [-0.2, -0.15) is 4.98 Å². The first-order valence-electron chi connectivity index (χ1n) is 8.71. The molecule has 25 heavy (non-hydrogen) atoms. The summed E-state index contributed by atoms with van der Waals surface area (Å²) in [6.45, 7) is 7.98. The fourth-order valence-corrected chi connectivity index (χ4v) is 3.49. The summed E-state index contributed by atoms with van der Waals surface area (Å²) in [5.41, 5.74) is 3.67. The molecule has 0 saturated carbocycles. The van der Waals surface area contributed by atoms with Crippen molar-refractivity contribution >= 4 is 27.7 Å². The molecule has 2 heterocycles. The highest BCUT2D eigenvalue weighted by Gasteiger charge is 2.20. The fraction of sp³-hybridized carbons (Fsp3) is 0.474. The Bertz CT molecular complexity index is 750. The van der Waals surface area contributed by atoms with Crippen LogP contribution in [0.3, 0.4) is 0 Å². The normalized spacial score (nSPS) is 15.2. The van der Waals surface area contributed by atoms with Crippen molar-refractivity contribution in [3.05, 3.63) is 45.6 Å². The molecule has 0 unspecified atom stereocenters. The van der Waals surface area contributed by atoms with Crippen molar-refractivity contribution < 1.29 is 5.11 Å². The van der Waals surface area contributed by atoms with E-state index in [-0.39, 0.29) is 12.6 Å². The quantitative estimate of drug-likeness (QED) is 0.797. The Morgan fingerprint density at radius 1 is 1.24 bits per heavy atom. The molecule has 5 nitrogen and oxygen atoms in total. The van der Waals surface area contributed by atoms with E-state index in [1.165, 1.54) is 11.1 Å². The summed E-state index contributed by atoms with van der Waals surface area (Å²) >= 11 is 3.55. The lowest BCUT2D eigenvalue weighted by Gasteiger charge is -2.30. The molecule has 1 aromatic carbocycles. The van der Waals surface area contributed by atoms with E-state index in [9.17, 15) is 5.11 Å². The largest absolute Gasteiger partial charge is 0.394 e. The monoisotopic (exact) mass is 404 g/mol. The summed E-state index contributed by atoms with van der Waals surface area (Å²) in [6, 6.07) is 8.46. The molecule has 2 N–H and O–H groups in total. The number of rotatable bonds is 5. The molecular formula is C19H25BrN4O. The van der Waals surface area contributed by atoms with Crippen LogP contribution in [-0.4, -0.2) is 34.3 Å². The van der Waals surface area contributed by atoms with Crippen molar-refractivity contribution in [3.63, 3.8) is 0 Å². The van der Waals surface area contributed by atoms with Gasteiger partial charge < -0.3 is 15.3 Å². The van der Waals surface area contributed by atoms with Gasteiger partial charge in [-0.1, -0.05) is 35.8 Å². The maximum Gasteiger partial charge on any atom is 0.225 e. The summed E-state index contributed by atoms with van der Waals surface area (Å²) in [5, 5.41) is 12.8. The first-order valence-corrected chi connectivity index (χ1v) is 9.51.